The molecule has 0 N–H and O–H groups in total. The highest BCUT2D eigenvalue weighted by atomic mass is 16.7. The van der Waals surface area contributed by atoms with Crippen molar-refractivity contribution in [3.05, 3.63) is 65.8 Å². The smallest absolute Gasteiger partial charge is 0.198 e. The Morgan fingerprint density at radius 2 is 2.05 bits per heavy atom. The first-order valence-electron chi connectivity index (χ1n) is 7.44. The third-order valence-corrected chi connectivity index (χ3v) is 3.63. The molecule has 2 heterocycles. The number of rotatable bonds is 5. The Balaban J connectivity index is 1.59. The summed E-state index contributed by atoms with van der Waals surface area (Å²) in [4.78, 5) is 0. The maximum atomic E-state index is 5.62. The lowest BCUT2D eigenvalue weighted by atomic mass is 10.0. The zero-order chi connectivity index (χ0) is 14.3. The number of benzene rings is 1. The van der Waals surface area contributed by atoms with Gasteiger partial charge in [-0.3, -0.25) is 0 Å². The Hall–Kier alpha value is -2.00. The van der Waals surface area contributed by atoms with E-state index in [-0.39, 0.29) is 6.29 Å². The quantitative estimate of drug-likeness (QED) is 0.763. The van der Waals surface area contributed by atoms with E-state index < -0.39 is 0 Å². The molecule has 110 valence electrons. The molecule has 1 aliphatic heterocycles. The number of hydrogen-bond acceptors (Lipinski definition) is 3. The number of ether oxygens (including phenoxy) is 2. The van der Waals surface area contributed by atoms with Crippen molar-refractivity contribution >= 4 is 6.08 Å². The number of furan rings is 1. The Morgan fingerprint density at radius 3 is 2.86 bits per heavy atom. The van der Waals surface area contributed by atoms with Crippen LogP contribution in [0.2, 0.25) is 0 Å². The molecule has 0 amide bonds. The topological polar surface area (TPSA) is 31.6 Å². The monoisotopic (exact) mass is 284 g/mol. The van der Waals surface area contributed by atoms with E-state index in [2.05, 4.69) is 24.3 Å². The fraction of sp³-hybridized carbons (Fsp3) is 0.333. The molecular formula is C18H20O3. The second-order valence-corrected chi connectivity index (χ2v) is 5.25. The van der Waals surface area contributed by atoms with E-state index in [4.69, 9.17) is 13.9 Å². The van der Waals surface area contributed by atoms with Crippen LogP contribution in [-0.4, -0.2) is 12.9 Å². The van der Waals surface area contributed by atoms with Crippen LogP contribution in [0.1, 0.15) is 36.0 Å². The molecule has 1 aliphatic rings. The fourth-order valence-electron chi connectivity index (χ4n) is 2.46. The fourth-order valence-corrected chi connectivity index (χ4v) is 2.46. The molecule has 0 radical (unpaired) electrons. The second-order valence-electron chi connectivity index (χ2n) is 5.25. The van der Waals surface area contributed by atoms with Gasteiger partial charge in [0.1, 0.15) is 0 Å². The van der Waals surface area contributed by atoms with E-state index in [1.165, 1.54) is 12.0 Å². The van der Waals surface area contributed by atoms with Gasteiger partial charge >= 0.3 is 0 Å². The zero-order valence-corrected chi connectivity index (χ0v) is 12.0. The van der Waals surface area contributed by atoms with Crippen LogP contribution in [0.25, 0.3) is 6.08 Å². The summed E-state index contributed by atoms with van der Waals surface area (Å²) in [5.41, 5.74) is 3.48. The largest absolute Gasteiger partial charge is 0.473 e. The molecule has 0 spiro atoms. The van der Waals surface area contributed by atoms with Crippen LogP contribution in [0.15, 0.2) is 53.5 Å². The highest BCUT2D eigenvalue weighted by Crippen LogP contribution is 2.18. The highest BCUT2D eigenvalue weighted by Gasteiger charge is 2.13. The first-order valence-corrected chi connectivity index (χ1v) is 7.44. The maximum Gasteiger partial charge on any atom is 0.198 e. The van der Waals surface area contributed by atoms with Crippen molar-refractivity contribution in [1.29, 1.82) is 0 Å². The van der Waals surface area contributed by atoms with Crippen molar-refractivity contribution < 1.29 is 13.9 Å². The molecule has 2 aromatic rings. The molecule has 3 nitrogen and oxygen atoms in total. The minimum absolute atomic E-state index is 0.0977. The maximum absolute atomic E-state index is 5.62. The third kappa shape index (κ3) is 3.99. The Bertz CT molecular complexity index is 565. The molecule has 1 aromatic heterocycles. The summed E-state index contributed by atoms with van der Waals surface area (Å²) in [6.07, 6.45) is 11.2. The zero-order valence-electron chi connectivity index (χ0n) is 12.0. The van der Waals surface area contributed by atoms with Gasteiger partial charge in [0.2, 0.25) is 0 Å². The summed E-state index contributed by atoms with van der Waals surface area (Å²) in [6, 6.07) is 10.4. The molecule has 1 unspecified atom stereocenters. The van der Waals surface area contributed by atoms with Gasteiger partial charge in [-0.25, -0.2) is 0 Å². The molecule has 3 rings (SSSR count). The minimum Gasteiger partial charge on any atom is -0.473 e. The van der Waals surface area contributed by atoms with E-state index in [9.17, 15) is 0 Å². The summed E-state index contributed by atoms with van der Waals surface area (Å²) >= 11 is 0. The van der Waals surface area contributed by atoms with E-state index >= 15 is 0 Å². The summed E-state index contributed by atoms with van der Waals surface area (Å²) in [7, 11) is 0. The normalized spacial score (nSPS) is 19.0. The lowest BCUT2D eigenvalue weighted by Crippen LogP contribution is -2.19. The van der Waals surface area contributed by atoms with Crippen LogP contribution in [0.4, 0.5) is 0 Å². The molecule has 1 fully saturated rings. The molecule has 3 heteroatoms. The average molecular weight is 284 g/mol. The van der Waals surface area contributed by atoms with E-state index in [0.29, 0.717) is 0 Å². The van der Waals surface area contributed by atoms with E-state index in [1.54, 1.807) is 18.8 Å². The van der Waals surface area contributed by atoms with Crippen molar-refractivity contribution in [3.63, 3.8) is 0 Å². The van der Waals surface area contributed by atoms with Crippen molar-refractivity contribution in [2.45, 2.75) is 32.0 Å². The number of hydrogen-bond donors (Lipinski definition) is 0. The second kappa shape index (κ2) is 7.14. The van der Waals surface area contributed by atoms with Crippen LogP contribution in [0.5, 0.6) is 0 Å². The van der Waals surface area contributed by atoms with Gasteiger partial charge in [0.25, 0.3) is 0 Å². The lowest BCUT2D eigenvalue weighted by molar-refractivity contribution is -0.129. The van der Waals surface area contributed by atoms with E-state index in [0.717, 1.165) is 37.0 Å². The van der Waals surface area contributed by atoms with Crippen LogP contribution < -0.4 is 0 Å². The van der Waals surface area contributed by atoms with Gasteiger partial charge in [0.05, 0.1) is 25.4 Å². The van der Waals surface area contributed by atoms with Gasteiger partial charge < -0.3 is 13.9 Å². The predicted octanol–water partition coefficient (Wildman–Crippen LogP) is 4.38. The summed E-state index contributed by atoms with van der Waals surface area (Å²) in [5, 5.41) is 0. The molecule has 0 bridgehead atoms. The average Bonchev–Trinajstić information content (AvgIpc) is 2.97. The highest BCUT2D eigenvalue weighted by molar-refractivity contribution is 5.52. The Labute approximate surface area is 125 Å². The van der Waals surface area contributed by atoms with Gasteiger partial charge in [-0.15, -0.1) is 0 Å². The van der Waals surface area contributed by atoms with Gasteiger partial charge in [-0.1, -0.05) is 30.3 Å². The minimum atomic E-state index is -0.0977. The molecule has 0 aliphatic carbocycles. The SMILES string of the molecule is C(=C\c1cocc1Cc1ccccc1)/OC1CCCCO1. The standard InChI is InChI=1S/C18H20O3/c1-2-6-15(7-3-1)12-17-14-19-13-16(17)9-11-21-18-8-4-5-10-20-18/h1-3,6-7,9,11,13-14,18H,4-5,8,10,12H2/b11-9+. The lowest BCUT2D eigenvalue weighted by Gasteiger charge is -2.21. The Kier molecular flexibility index (Phi) is 4.74. The van der Waals surface area contributed by atoms with Crippen molar-refractivity contribution in [3.8, 4) is 0 Å². The third-order valence-electron chi connectivity index (χ3n) is 3.63. The van der Waals surface area contributed by atoms with Crippen molar-refractivity contribution in [2.75, 3.05) is 6.61 Å². The Morgan fingerprint density at radius 1 is 1.14 bits per heavy atom. The summed E-state index contributed by atoms with van der Waals surface area (Å²) in [6.45, 7) is 0.795. The van der Waals surface area contributed by atoms with Gasteiger partial charge in [-0.2, -0.15) is 0 Å². The van der Waals surface area contributed by atoms with Crippen LogP contribution in [0.3, 0.4) is 0 Å². The molecule has 0 saturated carbocycles. The summed E-state index contributed by atoms with van der Waals surface area (Å²) in [5.74, 6) is 0. The van der Waals surface area contributed by atoms with Gasteiger partial charge in [0, 0.05) is 24.0 Å². The van der Waals surface area contributed by atoms with Gasteiger partial charge in [0.15, 0.2) is 6.29 Å². The van der Waals surface area contributed by atoms with Gasteiger partial charge in [-0.05, 0) is 24.5 Å². The van der Waals surface area contributed by atoms with Crippen molar-refractivity contribution in [2.24, 2.45) is 0 Å². The van der Waals surface area contributed by atoms with Crippen LogP contribution >= 0.6 is 0 Å². The summed E-state index contributed by atoms with van der Waals surface area (Å²) < 4.78 is 16.5. The predicted molar refractivity (Wildman–Crippen MR) is 81.7 cm³/mol. The molecule has 21 heavy (non-hydrogen) atoms. The van der Waals surface area contributed by atoms with E-state index in [1.807, 2.05) is 12.1 Å². The molecule has 1 saturated heterocycles. The first kappa shape index (κ1) is 14.0. The molecule has 1 aromatic carbocycles. The van der Waals surface area contributed by atoms with Crippen molar-refractivity contribution in [1.82, 2.24) is 0 Å². The molecular weight excluding hydrogens is 264 g/mol. The van der Waals surface area contributed by atoms with Crippen LogP contribution in [0, 0.1) is 0 Å². The van der Waals surface area contributed by atoms with Crippen LogP contribution in [-0.2, 0) is 15.9 Å². The molecule has 1 atom stereocenters. The first-order chi connectivity index (χ1) is 10.4.